The molecule has 1 N–H and O–H groups in total. The Kier molecular flexibility index (Phi) is 23.2. The van der Waals surface area contributed by atoms with Gasteiger partial charge < -0.3 is 19.1 Å². The standard InChI is InChI=1S/C40H68NO3S/c1-4-5-6-7-8-9-10-11-13-16-19-22-35-43-37-24-28-39(29-25-37)45-40-30-26-38(27-31-40)44-36-23-20-17-14-12-15-18-21-32-41(2,3)33-34-42/h24-31,42H,4-23,32-36H2,1-3H3/q+1. The molecule has 0 aliphatic rings. The first-order valence-electron chi connectivity index (χ1n) is 18.6. The third kappa shape index (κ3) is 21.7. The van der Waals surface area contributed by atoms with E-state index >= 15 is 0 Å². The molecule has 0 saturated carbocycles. The summed E-state index contributed by atoms with van der Waals surface area (Å²) < 4.78 is 12.9. The van der Waals surface area contributed by atoms with Crippen LogP contribution >= 0.6 is 11.8 Å². The van der Waals surface area contributed by atoms with Gasteiger partial charge in [-0.1, -0.05) is 121 Å². The number of aliphatic hydroxyl groups is 1. The van der Waals surface area contributed by atoms with Gasteiger partial charge in [0.15, 0.2) is 0 Å². The minimum atomic E-state index is 0.284. The lowest BCUT2D eigenvalue weighted by Gasteiger charge is -2.28. The topological polar surface area (TPSA) is 38.7 Å². The first-order chi connectivity index (χ1) is 22.0. The van der Waals surface area contributed by atoms with Gasteiger partial charge in [-0.2, -0.15) is 0 Å². The second-order valence-electron chi connectivity index (χ2n) is 13.6. The number of benzene rings is 2. The largest absolute Gasteiger partial charge is 0.494 e. The second-order valence-corrected chi connectivity index (χ2v) is 14.7. The molecule has 5 heteroatoms. The van der Waals surface area contributed by atoms with E-state index in [1.807, 2.05) is 0 Å². The third-order valence-corrected chi connectivity index (χ3v) is 9.80. The van der Waals surface area contributed by atoms with Crippen LogP contribution in [0.1, 0.15) is 135 Å². The number of hydrogen-bond donors (Lipinski definition) is 1. The molecule has 4 nitrogen and oxygen atoms in total. The Morgan fingerprint density at radius 1 is 0.489 bits per heavy atom. The van der Waals surface area contributed by atoms with Gasteiger partial charge in [0.2, 0.25) is 0 Å². The lowest BCUT2D eigenvalue weighted by molar-refractivity contribution is -0.890. The van der Waals surface area contributed by atoms with Crippen molar-refractivity contribution in [2.24, 2.45) is 0 Å². The Morgan fingerprint density at radius 3 is 1.22 bits per heavy atom. The maximum absolute atomic E-state index is 9.13. The normalized spacial score (nSPS) is 11.6. The molecule has 0 aliphatic carbocycles. The van der Waals surface area contributed by atoms with Crippen molar-refractivity contribution in [2.45, 2.75) is 145 Å². The first-order valence-corrected chi connectivity index (χ1v) is 19.4. The molecule has 0 radical (unpaired) electrons. The van der Waals surface area contributed by atoms with Crippen molar-refractivity contribution >= 4 is 11.8 Å². The molecule has 0 spiro atoms. The molecule has 256 valence electrons. The number of rotatable bonds is 30. The van der Waals surface area contributed by atoms with E-state index in [2.05, 4.69) is 69.6 Å². The summed E-state index contributed by atoms with van der Waals surface area (Å²) >= 11 is 1.78. The Labute approximate surface area is 282 Å². The van der Waals surface area contributed by atoms with Crippen LogP contribution in [0.3, 0.4) is 0 Å². The minimum Gasteiger partial charge on any atom is -0.494 e. The molecule has 2 aromatic rings. The highest BCUT2D eigenvalue weighted by Gasteiger charge is 2.12. The fourth-order valence-corrected chi connectivity index (χ4v) is 6.57. The summed E-state index contributed by atoms with van der Waals surface area (Å²) in [5.41, 5.74) is 0. The zero-order valence-corrected chi connectivity index (χ0v) is 30.2. The highest BCUT2D eigenvalue weighted by molar-refractivity contribution is 7.99. The van der Waals surface area contributed by atoms with Crippen LogP contribution in [0.2, 0.25) is 0 Å². The molecule has 0 atom stereocenters. The monoisotopic (exact) mass is 642 g/mol. The van der Waals surface area contributed by atoms with Crippen LogP contribution in [-0.4, -0.2) is 56.6 Å². The highest BCUT2D eigenvalue weighted by Crippen LogP contribution is 2.30. The summed E-state index contributed by atoms with van der Waals surface area (Å²) in [6.45, 7) is 6.21. The van der Waals surface area contributed by atoms with Crippen LogP contribution in [-0.2, 0) is 0 Å². The van der Waals surface area contributed by atoms with Crippen LogP contribution < -0.4 is 9.47 Å². The Bertz CT molecular complexity index is 932. The van der Waals surface area contributed by atoms with Gasteiger partial charge in [0, 0.05) is 9.79 Å². The van der Waals surface area contributed by atoms with Gasteiger partial charge in [-0.15, -0.1) is 0 Å². The van der Waals surface area contributed by atoms with Crippen LogP contribution in [0.4, 0.5) is 0 Å². The van der Waals surface area contributed by atoms with Crippen molar-refractivity contribution in [3.63, 3.8) is 0 Å². The molecule has 0 aliphatic heterocycles. The van der Waals surface area contributed by atoms with Gasteiger partial charge in [0.1, 0.15) is 18.0 Å². The zero-order valence-electron chi connectivity index (χ0n) is 29.4. The van der Waals surface area contributed by atoms with Crippen LogP contribution in [0.15, 0.2) is 58.3 Å². The zero-order chi connectivity index (χ0) is 32.3. The van der Waals surface area contributed by atoms with E-state index in [0.717, 1.165) is 48.6 Å². The number of hydrogen-bond acceptors (Lipinski definition) is 4. The molecule has 0 saturated heterocycles. The lowest BCUT2D eigenvalue weighted by Crippen LogP contribution is -2.42. The molecule has 45 heavy (non-hydrogen) atoms. The van der Waals surface area contributed by atoms with Gasteiger partial charge >= 0.3 is 0 Å². The van der Waals surface area contributed by atoms with Crippen molar-refractivity contribution in [3.8, 4) is 11.5 Å². The van der Waals surface area contributed by atoms with Crippen LogP contribution in [0, 0.1) is 0 Å². The van der Waals surface area contributed by atoms with Crippen molar-refractivity contribution < 1.29 is 19.1 Å². The van der Waals surface area contributed by atoms with E-state index in [9.17, 15) is 0 Å². The smallest absolute Gasteiger partial charge is 0.119 e. The quantitative estimate of drug-likeness (QED) is 0.0680. The van der Waals surface area contributed by atoms with Gasteiger partial charge in [-0.25, -0.2) is 0 Å². The number of ether oxygens (including phenoxy) is 2. The predicted molar refractivity (Wildman–Crippen MR) is 195 cm³/mol. The van der Waals surface area contributed by atoms with Gasteiger partial charge in [-0.3, -0.25) is 0 Å². The molecule has 0 unspecified atom stereocenters. The fraction of sp³-hybridized carbons (Fsp3) is 0.700. The van der Waals surface area contributed by atoms with E-state index < -0.39 is 0 Å². The predicted octanol–water partition coefficient (Wildman–Crippen LogP) is 11.5. The Balaban J connectivity index is 1.44. The van der Waals surface area contributed by atoms with E-state index in [-0.39, 0.29) is 6.61 Å². The Morgan fingerprint density at radius 2 is 0.844 bits per heavy atom. The second kappa shape index (κ2) is 26.4. The average molecular weight is 643 g/mol. The summed E-state index contributed by atoms with van der Waals surface area (Å²) in [5.74, 6) is 1.93. The Hall–Kier alpha value is -1.69. The van der Waals surface area contributed by atoms with Gasteiger partial charge in [-0.05, 0) is 74.2 Å². The van der Waals surface area contributed by atoms with Crippen LogP contribution in [0.5, 0.6) is 11.5 Å². The molecule has 0 fully saturated rings. The summed E-state index contributed by atoms with van der Waals surface area (Å²) in [5, 5.41) is 9.13. The van der Waals surface area contributed by atoms with Crippen molar-refractivity contribution in [2.75, 3.05) is 47.0 Å². The average Bonchev–Trinajstić information content (AvgIpc) is 3.03. The fourth-order valence-electron chi connectivity index (χ4n) is 5.75. The number of aliphatic hydroxyl groups excluding tert-OH is 1. The molecule has 2 rings (SSSR count). The highest BCUT2D eigenvalue weighted by atomic mass is 32.2. The number of unbranched alkanes of at least 4 members (excludes halogenated alkanes) is 18. The lowest BCUT2D eigenvalue weighted by atomic mass is 10.1. The maximum Gasteiger partial charge on any atom is 0.119 e. The van der Waals surface area contributed by atoms with Crippen molar-refractivity contribution in [3.05, 3.63) is 48.5 Å². The minimum absolute atomic E-state index is 0.284. The van der Waals surface area contributed by atoms with E-state index in [1.54, 1.807) is 11.8 Å². The number of nitrogens with zero attached hydrogens (tertiary/aromatic N) is 1. The SMILES string of the molecule is CCCCCCCCCCCCCCOc1ccc(Sc2ccc(OCCCCCCCCCC[N+](C)(C)CCO)cc2)cc1. The maximum atomic E-state index is 9.13. The first kappa shape index (κ1) is 39.5. The van der Waals surface area contributed by atoms with Crippen LogP contribution in [0.25, 0.3) is 0 Å². The molecule has 0 amide bonds. The van der Waals surface area contributed by atoms with E-state index in [0.29, 0.717) is 0 Å². The van der Waals surface area contributed by atoms with Gasteiger partial charge in [0.25, 0.3) is 0 Å². The third-order valence-electron chi connectivity index (χ3n) is 8.78. The molecular formula is C40H68NO3S+. The van der Waals surface area contributed by atoms with Crippen molar-refractivity contribution in [1.82, 2.24) is 0 Å². The van der Waals surface area contributed by atoms with E-state index in [4.69, 9.17) is 14.6 Å². The van der Waals surface area contributed by atoms with Gasteiger partial charge in [0.05, 0.1) is 40.5 Å². The molecule has 0 aromatic heterocycles. The molecular weight excluding hydrogens is 575 g/mol. The molecule has 0 heterocycles. The summed E-state index contributed by atoms with van der Waals surface area (Å²) in [7, 11) is 4.42. The summed E-state index contributed by atoms with van der Waals surface area (Å²) in [6, 6.07) is 17.0. The molecule has 0 bridgehead atoms. The van der Waals surface area contributed by atoms with Crippen molar-refractivity contribution in [1.29, 1.82) is 0 Å². The number of likely N-dealkylation sites (N-methyl/N-ethyl adjacent to an activating group) is 1. The molecule has 2 aromatic carbocycles. The van der Waals surface area contributed by atoms with E-state index in [1.165, 1.54) is 132 Å². The number of quaternary nitrogens is 1. The summed E-state index contributed by atoms with van der Waals surface area (Å²) in [4.78, 5) is 2.45. The summed E-state index contributed by atoms with van der Waals surface area (Å²) in [6.07, 6.45) is 26.7.